The summed E-state index contributed by atoms with van der Waals surface area (Å²) < 4.78 is 0. The highest BCUT2D eigenvalue weighted by Crippen LogP contribution is 2.63. The van der Waals surface area contributed by atoms with Gasteiger partial charge in [0.25, 0.3) is 0 Å². The van der Waals surface area contributed by atoms with Crippen molar-refractivity contribution >= 4 is 5.84 Å². The minimum Gasteiger partial charge on any atom is -0.409 e. The molecule has 0 heterocycles. The summed E-state index contributed by atoms with van der Waals surface area (Å²) in [5.41, 5.74) is 5.63. The topological polar surface area (TPSA) is 58.6 Å². The smallest absolute Gasteiger partial charge is 0.145 e. The molecule has 0 radical (unpaired) electrons. The maximum atomic E-state index is 8.41. The number of rotatable bonds is 1. The van der Waals surface area contributed by atoms with Gasteiger partial charge in [-0.25, -0.2) is 0 Å². The maximum Gasteiger partial charge on any atom is 0.145 e. The summed E-state index contributed by atoms with van der Waals surface area (Å²) in [6, 6.07) is 0. The molecular formula is C7H14N2O. The third kappa shape index (κ3) is 0.696. The summed E-state index contributed by atoms with van der Waals surface area (Å²) in [5, 5.41) is 11.4. The first kappa shape index (κ1) is 7.38. The van der Waals surface area contributed by atoms with E-state index in [1.165, 1.54) is 0 Å². The Morgan fingerprint density at radius 2 is 1.90 bits per heavy atom. The molecule has 1 fully saturated rings. The first-order chi connectivity index (χ1) is 4.44. The van der Waals surface area contributed by atoms with Crippen LogP contribution >= 0.6 is 0 Å². The van der Waals surface area contributed by atoms with E-state index in [1.807, 2.05) is 6.92 Å². The Hall–Kier alpha value is -0.730. The molecule has 0 spiro atoms. The third-order valence-corrected chi connectivity index (χ3v) is 2.84. The summed E-state index contributed by atoms with van der Waals surface area (Å²) in [6.07, 6.45) is 1.01. The number of amidine groups is 1. The Kier molecular flexibility index (Phi) is 1.22. The van der Waals surface area contributed by atoms with Crippen LogP contribution < -0.4 is 5.73 Å². The molecule has 0 amide bonds. The normalized spacial score (nSPS) is 37.7. The number of hydrogen-bond donors (Lipinski definition) is 2. The molecule has 1 rings (SSSR count). The van der Waals surface area contributed by atoms with Gasteiger partial charge in [-0.15, -0.1) is 0 Å². The van der Waals surface area contributed by atoms with Gasteiger partial charge in [0.1, 0.15) is 5.84 Å². The molecule has 0 saturated heterocycles. The highest BCUT2D eigenvalue weighted by atomic mass is 16.4. The zero-order chi connectivity index (χ0) is 7.99. The van der Waals surface area contributed by atoms with E-state index < -0.39 is 0 Å². The lowest BCUT2D eigenvalue weighted by molar-refractivity contribution is 0.311. The first-order valence-corrected chi connectivity index (χ1v) is 3.42. The van der Waals surface area contributed by atoms with E-state index in [0.717, 1.165) is 6.42 Å². The van der Waals surface area contributed by atoms with Crippen molar-refractivity contribution < 1.29 is 5.21 Å². The Bertz CT molecular complexity index is 186. The van der Waals surface area contributed by atoms with Gasteiger partial charge in [0.15, 0.2) is 0 Å². The zero-order valence-corrected chi connectivity index (χ0v) is 6.68. The largest absolute Gasteiger partial charge is 0.409 e. The molecule has 1 aliphatic carbocycles. The molecule has 0 aromatic carbocycles. The van der Waals surface area contributed by atoms with Crippen LogP contribution in [0.1, 0.15) is 27.2 Å². The minimum absolute atomic E-state index is 0.0677. The summed E-state index contributed by atoms with van der Waals surface area (Å²) in [6.45, 7) is 6.25. The number of nitrogens with zero attached hydrogens (tertiary/aromatic N) is 1. The number of oxime groups is 1. The van der Waals surface area contributed by atoms with Crippen LogP contribution in [0.3, 0.4) is 0 Å². The van der Waals surface area contributed by atoms with Crippen molar-refractivity contribution in [1.29, 1.82) is 0 Å². The van der Waals surface area contributed by atoms with Crippen molar-refractivity contribution in [3.8, 4) is 0 Å². The van der Waals surface area contributed by atoms with E-state index >= 15 is 0 Å². The second kappa shape index (κ2) is 1.65. The second-order valence-electron chi connectivity index (χ2n) is 3.88. The fourth-order valence-corrected chi connectivity index (χ4v) is 1.39. The van der Waals surface area contributed by atoms with Crippen LogP contribution in [0.2, 0.25) is 0 Å². The number of hydrogen-bond acceptors (Lipinski definition) is 2. The van der Waals surface area contributed by atoms with Crippen LogP contribution in [0, 0.1) is 10.8 Å². The van der Waals surface area contributed by atoms with E-state index in [0.29, 0.717) is 5.84 Å². The molecule has 1 saturated carbocycles. The molecule has 0 aliphatic heterocycles. The molecule has 10 heavy (non-hydrogen) atoms. The lowest BCUT2D eigenvalue weighted by Crippen LogP contribution is -2.26. The summed E-state index contributed by atoms with van der Waals surface area (Å²) in [4.78, 5) is 0. The van der Waals surface area contributed by atoms with Crippen LogP contribution in [-0.2, 0) is 0 Å². The van der Waals surface area contributed by atoms with Crippen molar-refractivity contribution in [3.63, 3.8) is 0 Å². The van der Waals surface area contributed by atoms with E-state index in [9.17, 15) is 0 Å². The van der Waals surface area contributed by atoms with Crippen LogP contribution in [0.25, 0.3) is 0 Å². The molecule has 1 unspecified atom stereocenters. The fourth-order valence-electron chi connectivity index (χ4n) is 1.39. The third-order valence-electron chi connectivity index (χ3n) is 2.84. The average Bonchev–Trinajstić information content (AvgIpc) is 2.32. The Balaban J connectivity index is 2.78. The van der Waals surface area contributed by atoms with Crippen molar-refractivity contribution in [2.45, 2.75) is 27.2 Å². The monoisotopic (exact) mass is 142 g/mol. The molecule has 3 heteroatoms. The molecule has 58 valence electrons. The van der Waals surface area contributed by atoms with E-state index in [2.05, 4.69) is 19.0 Å². The average molecular weight is 142 g/mol. The maximum absolute atomic E-state index is 8.41. The lowest BCUT2D eigenvalue weighted by Gasteiger charge is -2.11. The molecular weight excluding hydrogens is 128 g/mol. The van der Waals surface area contributed by atoms with E-state index in [-0.39, 0.29) is 10.8 Å². The van der Waals surface area contributed by atoms with Gasteiger partial charge in [-0.3, -0.25) is 0 Å². The Morgan fingerprint density at radius 1 is 1.50 bits per heavy atom. The molecule has 0 aromatic rings. The van der Waals surface area contributed by atoms with Gasteiger partial charge >= 0.3 is 0 Å². The van der Waals surface area contributed by atoms with Gasteiger partial charge in [-0.05, 0) is 11.8 Å². The van der Waals surface area contributed by atoms with Crippen LogP contribution in [0.5, 0.6) is 0 Å². The van der Waals surface area contributed by atoms with Gasteiger partial charge in [0.2, 0.25) is 0 Å². The molecule has 0 aromatic heterocycles. The van der Waals surface area contributed by atoms with Gasteiger partial charge in [0.05, 0.1) is 0 Å². The highest BCUT2D eigenvalue weighted by Gasteiger charge is 2.60. The predicted molar refractivity (Wildman–Crippen MR) is 39.9 cm³/mol. The van der Waals surface area contributed by atoms with Crippen LogP contribution in [0.4, 0.5) is 0 Å². The molecule has 3 nitrogen and oxygen atoms in total. The Morgan fingerprint density at radius 3 is 2.00 bits per heavy atom. The van der Waals surface area contributed by atoms with Gasteiger partial charge in [-0.1, -0.05) is 25.9 Å². The van der Waals surface area contributed by atoms with Crippen molar-refractivity contribution in [2.24, 2.45) is 21.7 Å². The summed E-state index contributed by atoms with van der Waals surface area (Å²) in [7, 11) is 0. The predicted octanol–water partition coefficient (Wildman–Crippen LogP) is 1.17. The fraction of sp³-hybridized carbons (Fsp3) is 0.857. The molecule has 0 bridgehead atoms. The van der Waals surface area contributed by atoms with E-state index in [4.69, 9.17) is 10.9 Å². The van der Waals surface area contributed by atoms with Crippen molar-refractivity contribution in [1.82, 2.24) is 0 Å². The minimum atomic E-state index is -0.0677. The Labute approximate surface area is 60.9 Å². The van der Waals surface area contributed by atoms with Crippen molar-refractivity contribution in [2.75, 3.05) is 0 Å². The SMILES string of the molecule is CC1(C)CC1(C)/C(N)=N/O. The second-order valence-corrected chi connectivity index (χ2v) is 3.88. The van der Waals surface area contributed by atoms with Crippen molar-refractivity contribution in [3.05, 3.63) is 0 Å². The molecule has 1 atom stereocenters. The number of nitrogens with two attached hydrogens (primary N) is 1. The van der Waals surface area contributed by atoms with Gasteiger partial charge in [0, 0.05) is 5.41 Å². The molecule has 3 N–H and O–H groups in total. The highest BCUT2D eigenvalue weighted by molar-refractivity contribution is 5.89. The first-order valence-electron chi connectivity index (χ1n) is 3.42. The summed E-state index contributed by atoms with van der Waals surface area (Å²) >= 11 is 0. The van der Waals surface area contributed by atoms with Crippen LogP contribution in [0.15, 0.2) is 5.16 Å². The summed E-state index contributed by atoms with van der Waals surface area (Å²) in [5.74, 6) is 0.359. The lowest BCUT2D eigenvalue weighted by atomic mass is 9.97. The van der Waals surface area contributed by atoms with Gasteiger partial charge < -0.3 is 10.9 Å². The molecule has 1 aliphatic rings. The van der Waals surface area contributed by atoms with Gasteiger partial charge in [-0.2, -0.15) is 0 Å². The van der Waals surface area contributed by atoms with E-state index in [1.54, 1.807) is 0 Å². The van der Waals surface area contributed by atoms with Crippen LogP contribution in [-0.4, -0.2) is 11.0 Å². The quantitative estimate of drug-likeness (QED) is 0.250. The standard InChI is InChI=1S/C7H14N2O/c1-6(2)4-7(6,3)5(8)9-10/h10H,4H2,1-3H3,(H2,8,9). The zero-order valence-electron chi connectivity index (χ0n) is 6.68.